The van der Waals surface area contributed by atoms with Gasteiger partial charge in [-0.1, -0.05) is 13.8 Å². The van der Waals surface area contributed by atoms with Gasteiger partial charge in [0.2, 0.25) is 5.91 Å². The summed E-state index contributed by atoms with van der Waals surface area (Å²) >= 11 is 0. The van der Waals surface area contributed by atoms with Crippen LogP contribution in [0.5, 0.6) is 0 Å². The number of rotatable bonds is 6. The number of hydrogen-bond donors (Lipinski definition) is 2. The van der Waals surface area contributed by atoms with E-state index in [4.69, 9.17) is 5.73 Å². The molecule has 1 amide bonds. The molecule has 7 heteroatoms. The average molecular weight is 411 g/mol. The van der Waals surface area contributed by atoms with Crippen molar-refractivity contribution in [3.63, 3.8) is 0 Å². The molecule has 0 bridgehead atoms. The molecule has 0 unspecified atom stereocenters. The number of halogens is 1. The third kappa shape index (κ3) is 9.13. The summed E-state index contributed by atoms with van der Waals surface area (Å²) in [7, 11) is 0. The summed E-state index contributed by atoms with van der Waals surface area (Å²) in [4.78, 5) is 19.7. The van der Waals surface area contributed by atoms with Gasteiger partial charge in [-0.15, -0.1) is 24.0 Å². The predicted molar refractivity (Wildman–Crippen MR) is 98.1 cm³/mol. The minimum Gasteiger partial charge on any atom is -0.370 e. The van der Waals surface area contributed by atoms with Gasteiger partial charge in [0.1, 0.15) is 0 Å². The lowest BCUT2D eigenvalue weighted by atomic mass is 10.1. The monoisotopic (exact) mass is 411 g/mol. The van der Waals surface area contributed by atoms with Crippen LogP contribution in [0.15, 0.2) is 4.99 Å². The number of hydrogen-bond acceptors (Lipinski definition) is 3. The van der Waals surface area contributed by atoms with Crippen LogP contribution >= 0.6 is 24.0 Å². The molecule has 0 aromatic carbocycles. The van der Waals surface area contributed by atoms with Gasteiger partial charge in [-0.25, -0.2) is 0 Å². The van der Waals surface area contributed by atoms with Crippen molar-refractivity contribution in [3.8, 4) is 0 Å². The van der Waals surface area contributed by atoms with E-state index in [0.717, 1.165) is 52.2 Å². The summed E-state index contributed by atoms with van der Waals surface area (Å²) in [5.74, 6) is 1.36. The summed E-state index contributed by atoms with van der Waals surface area (Å²) in [6, 6.07) is 0. The Morgan fingerprint density at radius 3 is 2.43 bits per heavy atom. The smallest absolute Gasteiger partial charge is 0.219 e. The summed E-state index contributed by atoms with van der Waals surface area (Å²) < 4.78 is 0. The van der Waals surface area contributed by atoms with E-state index in [1.165, 1.54) is 0 Å². The van der Waals surface area contributed by atoms with E-state index >= 15 is 0 Å². The van der Waals surface area contributed by atoms with Gasteiger partial charge in [-0.05, 0) is 12.3 Å². The molecule has 1 rings (SSSR count). The van der Waals surface area contributed by atoms with Crippen molar-refractivity contribution in [2.24, 2.45) is 16.6 Å². The maximum atomic E-state index is 11.2. The Kier molecular flexibility index (Phi) is 10.8. The molecule has 1 saturated heterocycles. The lowest BCUT2D eigenvalue weighted by Gasteiger charge is -2.34. The molecule has 124 valence electrons. The molecule has 0 aromatic rings. The number of piperazine rings is 1. The quantitative estimate of drug-likeness (QED) is 0.384. The topological polar surface area (TPSA) is 74.0 Å². The molecule has 0 saturated carbocycles. The van der Waals surface area contributed by atoms with Crippen LogP contribution in [-0.2, 0) is 4.79 Å². The fourth-order valence-corrected chi connectivity index (χ4v) is 2.13. The van der Waals surface area contributed by atoms with E-state index in [-0.39, 0.29) is 29.9 Å². The number of nitrogens with zero attached hydrogens (tertiary/aromatic N) is 3. The maximum Gasteiger partial charge on any atom is 0.219 e. The van der Waals surface area contributed by atoms with Crippen LogP contribution in [0.25, 0.3) is 0 Å². The number of nitrogens with two attached hydrogens (primary N) is 1. The number of guanidine groups is 1. The zero-order valence-corrected chi connectivity index (χ0v) is 15.8. The molecular formula is C14H30IN5O. The zero-order valence-electron chi connectivity index (χ0n) is 13.5. The molecule has 0 atom stereocenters. The van der Waals surface area contributed by atoms with Crippen LogP contribution in [0, 0.1) is 5.92 Å². The Hall–Kier alpha value is -0.570. The number of nitrogens with one attached hydrogen (secondary N) is 1. The highest BCUT2D eigenvalue weighted by molar-refractivity contribution is 14.0. The van der Waals surface area contributed by atoms with Crippen LogP contribution in [-0.4, -0.2) is 67.5 Å². The minimum absolute atomic E-state index is 0. The van der Waals surface area contributed by atoms with E-state index in [9.17, 15) is 4.79 Å². The van der Waals surface area contributed by atoms with E-state index in [0.29, 0.717) is 11.9 Å². The first-order valence-corrected chi connectivity index (χ1v) is 7.50. The third-order valence-electron chi connectivity index (χ3n) is 3.54. The molecule has 0 aromatic heterocycles. The Morgan fingerprint density at radius 2 is 1.90 bits per heavy atom. The number of aliphatic imine (C=N–C) groups is 1. The van der Waals surface area contributed by atoms with Crippen molar-refractivity contribution in [1.82, 2.24) is 15.1 Å². The first kappa shape index (κ1) is 20.4. The van der Waals surface area contributed by atoms with Crippen molar-refractivity contribution in [2.45, 2.75) is 27.2 Å². The minimum atomic E-state index is 0. The molecular weight excluding hydrogens is 381 g/mol. The number of carbonyl (C=O) groups excluding carboxylic acids is 1. The number of carbonyl (C=O) groups is 1. The second kappa shape index (κ2) is 11.1. The van der Waals surface area contributed by atoms with Gasteiger partial charge in [0.15, 0.2) is 5.96 Å². The molecule has 0 aliphatic carbocycles. The van der Waals surface area contributed by atoms with Crippen LogP contribution in [0.3, 0.4) is 0 Å². The van der Waals surface area contributed by atoms with E-state index in [1.54, 1.807) is 6.92 Å². The lowest BCUT2D eigenvalue weighted by Crippen LogP contribution is -2.50. The van der Waals surface area contributed by atoms with Crippen molar-refractivity contribution >= 4 is 35.8 Å². The molecule has 3 N–H and O–H groups in total. The molecule has 6 nitrogen and oxygen atoms in total. The fraction of sp³-hybridized carbons (Fsp3) is 0.857. The largest absolute Gasteiger partial charge is 0.370 e. The Labute approximate surface area is 145 Å². The standard InChI is InChI=1S/C14H29N5O.HI/c1-12(2)4-5-16-14(15)17-6-7-18-8-10-19(11-9-18)13(3)20;/h12H,4-11H2,1-3H3,(H3,15,16,17);1H. The van der Waals surface area contributed by atoms with Gasteiger partial charge < -0.3 is 16.0 Å². The molecule has 21 heavy (non-hydrogen) atoms. The molecule has 1 fully saturated rings. The van der Waals surface area contributed by atoms with Gasteiger partial charge in [-0.3, -0.25) is 14.7 Å². The van der Waals surface area contributed by atoms with Gasteiger partial charge in [0, 0.05) is 52.7 Å². The first-order valence-electron chi connectivity index (χ1n) is 7.50. The summed E-state index contributed by atoms with van der Waals surface area (Å²) in [5.41, 5.74) is 5.80. The number of amides is 1. The molecule has 1 heterocycles. The molecule has 1 aliphatic heterocycles. The van der Waals surface area contributed by atoms with Crippen molar-refractivity contribution in [1.29, 1.82) is 0 Å². The molecule has 1 aliphatic rings. The molecule has 0 radical (unpaired) electrons. The van der Waals surface area contributed by atoms with Gasteiger partial charge >= 0.3 is 0 Å². The van der Waals surface area contributed by atoms with Gasteiger partial charge in [0.05, 0.1) is 0 Å². The normalized spacial score (nSPS) is 16.8. The zero-order chi connectivity index (χ0) is 15.0. The van der Waals surface area contributed by atoms with Crippen molar-refractivity contribution in [3.05, 3.63) is 0 Å². The highest BCUT2D eigenvalue weighted by Crippen LogP contribution is 2.01. The van der Waals surface area contributed by atoms with Gasteiger partial charge in [-0.2, -0.15) is 0 Å². The Morgan fingerprint density at radius 1 is 1.29 bits per heavy atom. The molecule has 0 spiro atoms. The van der Waals surface area contributed by atoms with Crippen LogP contribution in [0.2, 0.25) is 0 Å². The maximum absolute atomic E-state index is 11.2. The van der Waals surface area contributed by atoms with Crippen molar-refractivity contribution in [2.75, 3.05) is 45.8 Å². The third-order valence-corrected chi connectivity index (χ3v) is 3.54. The first-order chi connectivity index (χ1) is 9.49. The Balaban J connectivity index is 0.00000400. The second-order valence-corrected chi connectivity index (χ2v) is 5.72. The average Bonchev–Trinajstić information content (AvgIpc) is 2.39. The van der Waals surface area contributed by atoms with Crippen LogP contribution in [0.1, 0.15) is 27.2 Å². The second-order valence-electron chi connectivity index (χ2n) is 5.72. The summed E-state index contributed by atoms with van der Waals surface area (Å²) in [5, 5.41) is 3.14. The summed E-state index contributed by atoms with van der Waals surface area (Å²) in [6.45, 7) is 12.0. The van der Waals surface area contributed by atoms with Crippen LogP contribution < -0.4 is 11.1 Å². The Bertz CT molecular complexity index is 327. The fourth-order valence-electron chi connectivity index (χ4n) is 2.13. The van der Waals surface area contributed by atoms with E-state index in [2.05, 4.69) is 29.1 Å². The highest BCUT2D eigenvalue weighted by Gasteiger charge is 2.17. The predicted octanol–water partition coefficient (Wildman–Crippen LogP) is 0.719. The van der Waals surface area contributed by atoms with Crippen molar-refractivity contribution < 1.29 is 4.79 Å². The van der Waals surface area contributed by atoms with Gasteiger partial charge in [0.25, 0.3) is 0 Å². The SMILES string of the molecule is CC(=O)N1CCN(CCNC(N)=NCCC(C)C)CC1.I. The van der Waals surface area contributed by atoms with E-state index < -0.39 is 0 Å². The van der Waals surface area contributed by atoms with E-state index in [1.807, 2.05) is 4.90 Å². The highest BCUT2D eigenvalue weighted by atomic mass is 127. The van der Waals surface area contributed by atoms with Crippen LogP contribution in [0.4, 0.5) is 0 Å². The summed E-state index contributed by atoms with van der Waals surface area (Å²) in [6.07, 6.45) is 1.06. The lowest BCUT2D eigenvalue weighted by molar-refractivity contribution is -0.130.